The zero-order chi connectivity index (χ0) is 14.6. The van der Waals surface area contributed by atoms with E-state index in [4.69, 9.17) is 14.6 Å². The maximum absolute atomic E-state index is 11.8. The Morgan fingerprint density at radius 2 is 1.95 bits per heavy atom. The molecular formula is C11H14N2O6. The van der Waals surface area contributed by atoms with E-state index in [0.29, 0.717) is 11.6 Å². The second kappa shape index (κ2) is 5.98. The number of nitrogens with zero attached hydrogens (tertiary/aromatic N) is 1. The molecule has 1 unspecified atom stereocenters. The van der Waals surface area contributed by atoms with Crippen LogP contribution in [0.5, 0.6) is 0 Å². The van der Waals surface area contributed by atoms with Crippen LogP contribution in [0.2, 0.25) is 0 Å². The fraction of sp³-hybridized carbons (Fsp3) is 0.455. The number of aromatic nitrogens is 1. The summed E-state index contributed by atoms with van der Waals surface area (Å²) in [4.78, 5) is 37.0. The van der Waals surface area contributed by atoms with Gasteiger partial charge in [0.05, 0.1) is 5.69 Å². The van der Waals surface area contributed by atoms with E-state index in [0.717, 1.165) is 0 Å². The van der Waals surface area contributed by atoms with Gasteiger partial charge in [-0.2, -0.15) is 0 Å². The van der Waals surface area contributed by atoms with Crippen LogP contribution < -0.4 is 5.32 Å². The highest BCUT2D eigenvalue weighted by Crippen LogP contribution is 2.10. The van der Waals surface area contributed by atoms with E-state index in [1.165, 1.54) is 0 Å². The van der Waals surface area contributed by atoms with E-state index >= 15 is 0 Å². The van der Waals surface area contributed by atoms with Crippen molar-refractivity contribution in [1.29, 1.82) is 0 Å². The average Bonchev–Trinajstić information content (AvgIpc) is 2.62. The standard InChI is InChI=1S/C11H14N2O6/c1-5-9(19-6(2)12-5)10(16)13-7(11(17)18)3-4-8(14)15/h7H,3-4H2,1-2H3,(H,13,16)(H,14,15)(H,17,18). The van der Waals surface area contributed by atoms with E-state index in [-0.39, 0.29) is 18.6 Å². The predicted octanol–water partition coefficient (Wildman–Crippen LogP) is 0.339. The number of aliphatic carboxylic acids is 2. The lowest BCUT2D eigenvalue weighted by Crippen LogP contribution is -2.41. The molecule has 8 nitrogen and oxygen atoms in total. The molecule has 1 amide bonds. The largest absolute Gasteiger partial charge is 0.481 e. The molecule has 104 valence electrons. The zero-order valence-electron chi connectivity index (χ0n) is 10.5. The first kappa shape index (κ1) is 14.7. The van der Waals surface area contributed by atoms with Crippen molar-refractivity contribution < 1.29 is 29.0 Å². The Morgan fingerprint density at radius 1 is 1.32 bits per heavy atom. The molecule has 1 atom stereocenters. The number of carbonyl (C=O) groups excluding carboxylic acids is 1. The van der Waals surface area contributed by atoms with Crippen LogP contribution in [0.3, 0.4) is 0 Å². The number of hydrogen-bond acceptors (Lipinski definition) is 5. The molecule has 0 bridgehead atoms. The fourth-order valence-corrected chi connectivity index (χ4v) is 1.49. The van der Waals surface area contributed by atoms with Crippen molar-refractivity contribution in [2.24, 2.45) is 0 Å². The van der Waals surface area contributed by atoms with Gasteiger partial charge in [-0.3, -0.25) is 9.59 Å². The molecule has 8 heteroatoms. The topological polar surface area (TPSA) is 130 Å². The van der Waals surface area contributed by atoms with Crippen LogP contribution in [-0.4, -0.2) is 39.1 Å². The minimum absolute atomic E-state index is 0.0703. The fourth-order valence-electron chi connectivity index (χ4n) is 1.49. The molecule has 0 aliphatic heterocycles. The number of oxazole rings is 1. The van der Waals surface area contributed by atoms with Gasteiger partial charge in [0.2, 0.25) is 5.76 Å². The number of nitrogens with one attached hydrogen (secondary N) is 1. The predicted molar refractivity (Wildman–Crippen MR) is 61.7 cm³/mol. The summed E-state index contributed by atoms with van der Waals surface area (Å²) in [6, 6.07) is -1.28. The number of aryl methyl sites for hydroxylation is 2. The van der Waals surface area contributed by atoms with E-state index < -0.39 is 23.9 Å². The maximum atomic E-state index is 11.8. The van der Waals surface area contributed by atoms with Gasteiger partial charge in [0.15, 0.2) is 5.89 Å². The van der Waals surface area contributed by atoms with Crippen molar-refractivity contribution in [1.82, 2.24) is 10.3 Å². The highest BCUT2D eigenvalue weighted by atomic mass is 16.4. The highest BCUT2D eigenvalue weighted by molar-refractivity contribution is 5.95. The summed E-state index contributed by atoms with van der Waals surface area (Å²) in [5.74, 6) is -2.94. The molecule has 0 saturated heterocycles. The normalized spacial score (nSPS) is 11.9. The van der Waals surface area contributed by atoms with Gasteiger partial charge in [0, 0.05) is 13.3 Å². The molecule has 1 aromatic heterocycles. The Bertz CT molecular complexity index is 507. The van der Waals surface area contributed by atoms with E-state index in [1.807, 2.05) is 0 Å². The molecule has 1 aromatic rings. The van der Waals surface area contributed by atoms with Crippen molar-refractivity contribution in [2.75, 3.05) is 0 Å². The number of carboxylic acids is 2. The smallest absolute Gasteiger partial charge is 0.326 e. The molecule has 0 radical (unpaired) electrons. The first-order chi connectivity index (χ1) is 8.81. The lowest BCUT2D eigenvalue weighted by Gasteiger charge is -2.12. The van der Waals surface area contributed by atoms with Crippen LogP contribution in [-0.2, 0) is 9.59 Å². The molecule has 1 heterocycles. The number of rotatable bonds is 6. The molecule has 0 aliphatic rings. The molecule has 0 saturated carbocycles. The molecule has 0 aliphatic carbocycles. The maximum Gasteiger partial charge on any atom is 0.326 e. The Balaban J connectivity index is 2.74. The number of carboxylic acid groups (broad SMARTS) is 2. The SMILES string of the molecule is Cc1nc(C)c(C(=O)NC(CCC(=O)O)C(=O)O)o1. The minimum Gasteiger partial charge on any atom is -0.481 e. The summed E-state index contributed by atoms with van der Waals surface area (Å²) < 4.78 is 5.05. The first-order valence-electron chi connectivity index (χ1n) is 5.50. The van der Waals surface area contributed by atoms with Gasteiger partial charge in [-0.25, -0.2) is 9.78 Å². The van der Waals surface area contributed by atoms with Crippen LogP contribution in [0.15, 0.2) is 4.42 Å². The van der Waals surface area contributed by atoms with Crippen molar-refractivity contribution >= 4 is 17.8 Å². The van der Waals surface area contributed by atoms with E-state index in [1.54, 1.807) is 13.8 Å². The molecule has 0 fully saturated rings. The number of amides is 1. The van der Waals surface area contributed by atoms with Gasteiger partial charge in [0.1, 0.15) is 6.04 Å². The van der Waals surface area contributed by atoms with Gasteiger partial charge in [0.25, 0.3) is 5.91 Å². The lowest BCUT2D eigenvalue weighted by atomic mass is 10.1. The molecular weight excluding hydrogens is 256 g/mol. The highest BCUT2D eigenvalue weighted by Gasteiger charge is 2.24. The summed E-state index contributed by atoms with van der Waals surface area (Å²) in [6.07, 6.45) is -0.561. The van der Waals surface area contributed by atoms with E-state index in [9.17, 15) is 14.4 Å². The van der Waals surface area contributed by atoms with Crippen molar-refractivity contribution in [2.45, 2.75) is 32.7 Å². The first-order valence-corrected chi connectivity index (χ1v) is 5.50. The van der Waals surface area contributed by atoms with Crippen LogP contribution in [0.25, 0.3) is 0 Å². The molecule has 3 N–H and O–H groups in total. The van der Waals surface area contributed by atoms with Crippen molar-refractivity contribution in [3.05, 3.63) is 17.3 Å². The lowest BCUT2D eigenvalue weighted by molar-refractivity contribution is -0.140. The zero-order valence-corrected chi connectivity index (χ0v) is 10.5. The van der Waals surface area contributed by atoms with Crippen LogP contribution >= 0.6 is 0 Å². The Hall–Kier alpha value is -2.38. The van der Waals surface area contributed by atoms with Crippen LogP contribution in [0, 0.1) is 13.8 Å². The van der Waals surface area contributed by atoms with Gasteiger partial charge in [-0.15, -0.1) is 0 Å². The summed E-state index contributed by atoms with van der Waals surface area (Å²) in [7, 11) is 0. The summed E-state index contributed by atoms with van der Waals surface area (Å²) in [5, 5.41) is 19.6. The Kier molecular flexibility index (Phi) is 4.62. The van der Waals surface area contributed by atoms with Crippen LogP contribution in [0.1, 0.15) is 35.0 Å². The monoisotopic (exact) mass is 270 g/mol. The Morgan fingerprint density at radius 3 is 2.37 bits per heavy atom. The third-order valence-electron chi connectivity index (χ3n) is 2.36. The quantitative estimate of drug-likeness (QED) is 0.679. The second-order valence-electron chi connectivity index (χ2n) is 3.94. The van der Waals surface area contributed by atoms with Crippen molar-refractivity contribution in [3.63, 3.8) is 0 Å². The third kappa shape index (κ3) is 4.09. The third-order valence-corrected chi connectivity index (χ3v) is 2.36. The van der Waals surface area contributed by atoms with Gasteiger partial charge >= 0.3 is 11.9 Å². The molecule has 19 heavy (non-hydrogen) atoms. The molecule has 1 rings (SSSR count). The average molecular weight is 270 g/mol. The molecule has 0 spiro atoms. The number of carbonyl (C=O) groups is 3. The minimum atomic E-state index is -1.30. The Labute approximate surface area is 108 Å². The van der Waals surface area contributed by atoms with Gasteiger partial charge in [-0.05, 0) is 13.3 Å². The summed E-state index contributed by atoms with van der Waals surface area (Å²) in [5.41, 5.74) is 0.345. The van der Waals surface area contributed by atoms with E-state index in [2.05, 4.69) is 10.3 Å². The summed E-state index contributed by atoms with van der Waals surface area (Å²) in [6.45, 7) is 3.11. The van der Waals surface area contributed by atoms with Gasteiger partial charge in [-0.1, -0.05) is 0 Å². The molecule has 0 aromatic carbocycles. The van der Waals surface area contributed by atoms with Crippen molar-refractivity contribution in [3.8, 4) is 0 Å². The van der Waals surface area contributed by atoms with Gasteiger partial charge < -0.3 is 19.9 Å². The van der Waals surface area contributed by atoms with Crippen LogP contribution in [0.4, 0.5) is 0 Å². The summed E-state index contributed by atoms with van der Waals surface area (Å²) >= 11 is 0. The number of hydrogen-bond donors (Lipinski definition) is 3. The second-order valence-corrected chi connectivity index (χ2v) is 3.94.